The van der Waals surface area contributed by atoms with Gasteiger partial charge in [0.25, 0.3) is 5.56 Å². The van der Waals surface area contributed by atoms with Crippen molar-refractivity contribution in [3.05, 3.63) is 88.0 Å². The molecule has 4 aromatic rings. The molecule has 1 N–H and O–H groups in total. The molecule has 2 aromatic carbocycles. The molecule has 5 nitrogen and oxygen atoms in total. The molecule has 0 radical (unpaired) electrons. The van der Waals surface area contributed by atoms with Crippen molar-refractivity contribution in [1.29, 1.82) is 0 Å². The first kappa shape index (κ1) is 19.0. The number of rotatable bonds is 5. The SMILES string of the molecule is CC(NC(=O)Cn1cnc2scc(-c3ccccc3)c2c1=O)c1ccc(F)cc1. The highest BCUT2D eigenvalue weighted by atomic mass is 32.1. The van der Waals surface area contributed by atoms with Gasteiger partial charge in [0, 0.05) is 10.9 Å². The summed E-state index contributed by atoms with van der Waals surface area (Å²) in [7, 11) is 0. The van der Waals surface area contributed by atoms with E-state index in [-0.39, 0.29) is 29.9 Å². The molecule has 0 saturated carbocycles. The minimum absolute atomic E-state index is 0.141. The number of halogens is 1. The second-order valence-corrected chi connectivity index (χ2v) is 7.57. The topological polar surface area (TPSA) is 64.0 Å². The lowest BCUT2D eigenvalue weighted by Crippen LogP contribution is -2.33. The fraction of sp³-hybridized carbons (Fsp3) is 0.136. The van der Waals surface area contributed by atoms with Crippen molar-refractivity contribution in [2.45, 2.75) is 19.5 Å². The maximum absolute atomic E-state index is 13.1. The lowest BCUT2D eigenvalue weighted by atomic mass is 10.1. The molecule has 29 heavy (non-hydrogen) atoms. The molecule has 0 bridgehead atoms. The number of hydrogen-bond acceptors (Lipinski definition) is 4. The standard InChI is InChI=1S/C22H18FN3O2S/c1-14(15-7-9-17(23)10-8-15)25-19(27)11-26-13-24-21-20(22(26)28)18(12-29-21)16-5-3-2-4-6-16/h2-10,12-14H,11H2,1H3,(H,25,27). The fourth-order valence-electron chi connectivity index (χ4n) is 3.19. The Hall–Kier alpha value is -3.32. The van der Waals surface area contributed by atoms with Crippen LogP contribution in [0.2, 0.25) is 0 Å². The molecule has 0 aliphatic rings. The summed E-state index contributed by atoms with van der Waals surface area (Å²) in [6.07, 6.45) is 1.40. The summed E-state index contributed by atoms with van der Waals surface area (Å²) in [5.41, 5.74) is 2.28. The summed E-state index contributed by atoms with van der Waals surface area (Å²) in [6.45, 7) is 1.67. The van der Waals surface area contributed by atoms with E-state index in [0.29, 0.717) is 10.2 Å². The van der Waals surface area contributed by atoms with E-state index in [1.165, 1.54) is 34.4 Å². The van der Waals surface area contributed by atoms with Gasteiger partial charge in [-0.25, -0.2) is 9.37 Å². The van der Waals surface area contributed by atoms with Crippen LogP contribution >= 0.6 is 11.3 Å². The third-order valence-electron chi connectivity index (χ3n) is 4.71. The molecule has 0 fully saturated rings. The molecular weight excluding hydrogens is 389 g/mol. The maximum atomic E-state index is 13.1. The van der Waals surface area contributed by atoms with Crippen LogP contribution < -0.4 is 10.9 Å². The number of carbonyl (C=O) groups excluding carboxylic acids is 1. The molecule has 1 amide bonds. The van der Waals surface area contributed by atoms with E-state index in [0.717, 1.165) is 16.7 Å². The molecule has 4 rings (SSSR count). The highest BCUT2D eigenvalue weighted by Gasteiger charge is 2.16. The zero-order chi connectivity index (χ0) is 20.4. The molecule has 0 spiro atoms. The van der Waals surface area contributed by atoms with Crippen molar-refractivity contribution in [2.75, 3.05) is 0 Å². The van der Waals surface area contributed by atoms with Crippen LogP contribution in [-0.4, -0.2) is 15.5 Å². The summed E-state index contributed by atoms with van der Waals surface area (Å²) in [5, 5.41) is 5.26. The second-order valence-electron chi connectivity index (χ2n) is 6.71. The number of thiophene rings is 1. The van der Waals surface area contributed by atoms with Crippen LogP contribution in [0.5, 0.6) is 0 Å². The second kappa shape index (κ2) is 7.97. The molecular formula is C22H18FN3O2S. The minimum atomic E-state index is -0.330. The normalized spacial score (nSPS) is 12.1. The Labute approximate surface area is 170 Å². The molecule has 7 heteroatoms. The number of nitrogens with one attached hydrogen (secondary N) is 1. The molecule has 2 aromatic heterocycles. The van der Waals surface area contributed by atoms with Crippen molar-refractivity contribution < 1.29 is 9.18 Å². The van der Waals surface area contributed by atoms with Crippen molar-refractivity contribution in [1.82, 2.24) is 14.9 Å². The van der Waals surface area contributed by atoms with Gasteiger partial charge >= 0.3 is 0 Å². The third-order valence-corrected chi connectivity index (χ3v) is 5.59. The predicted molar refractivity (Wildman–Crippen MR) is 112 cm³/mol. The van der Waals surface area contributed by atoms with Gasteiger partial charge in [-0.3, -0.25) is 14.2 Å². The Kier molecular flexibility index (Phi) is 5.22. The maximum Gasteiger partial charge on any atom is 0.263 e. The Balaban J connectivity index is 1.58. The minimum Gasteiger partial charge on any atom is -0.348 e. The number of carbonyl (C=O) groups is 1. The molecule has 0 saturated heterocycles. The highest BCUT2D eigenvalue weighted by Crippen LogP contribution is 2.30. The van der Waals surface area contributed by atoms with Gasteiger partial charge in [-0.2, -0.15) is 0 Å². The van der Waals surface area contributed by atoms with Crippen LogP contribution in [-0.2, 0) is 11.3 Å². The van der Waals surface area contributed by atoms with Gasteiger partial charge < -0.3 is 5.32 Å². The summed E-state index contributed by atoms with van der Waals surface area (Å²) in [6, 6.07) is 15.3. The number of amides is 1. The van der Waals surface area contributed by atoms with E-state index in [4.69, 9.17) is 0 Å². The van der Waals surface area contributed by atoms with Gasteiger partial charge in [-0.15, -0.1) is 11.3 Å². The summed E-state index contributed by atoms with van der Waals surface area (Å²) < 4.78 is 14.4. The van der Waals surface area contributed by atoms with E-state index in [9.17, 15) is 14.0 Å². The van der Waals surface area contributed by atoms with Gasteiger partial charge in [0.05, 0.1) is 17.8 Å². The number of nitrogens with zero attached hydrogens (tertiary/aromatic N) is 2. The largest absolute Gasteiger partial charge is 0.348 e. The zero-order valence-electron chi connectivity index (χ0n) is 15.6. The monoisotopic (exact) mass is 407 g/mol. The fourth-order valence-corrected chi connectivity index (χ4v) is 4.09. The van der Waals surface area contributed by atoms with Gasteiger partial charge in [-0.1, -0.05) is 42.5 Å². The number of fused-ring (bicyclic) bond motifs is 1. The Bertz CT molecular complexity index is 1220. The average Bonchev–Trinajstić information content (AvgIpc) is 3.16. The van der Waals surface area contributed by atoms with Crippen molar-refractivity contribution in [3.63, 3.8) is 0 Å². The lowest BCUT2D eigenvalue weighted by molar-refractivity contribution is -0.122. The summed E-state index contributed by atoms with van der Waals surface area (Å²) in [4.78, 5) is 30.5. The Morgan fingerprint density at radius 1 is 1.17 bits per heavy atom. The first-order valence-electron chi connectivity index (χ1n) is 9.10. The van der Waals surface area contributed by atoms with Crippen LogP contribution in [0.4, 0.5) is 4.39 Å². The van der Waals surface area contributed by atoms with E-state index >= 15 is 0 Å². The molecule has 1 unspecified atom stereocenters. The first-order valence-corrected chi connectivity index (χ1v) is 9.98. The van der Waals surface area contributed by atoms with Gasteiger partial charge in [0.15, 0.2) is 0 Å². The van der Waals surface area contributed by atoms with Gasteiger partial charge in [0.1, 0.15) is 17.2 Å². The van der Waals surface area contributed by atoms with Crippen LogP contribution in [0, 0.1) is 5.82 Å². The summed E-state index contributed by atoms with van der Waals surface area (Å²) >= 11 is 1.40. The molecule has 1 atom stereocenters. The highest BCUT2D eigenvalue weighted by molar-refractivity contribution is 7.17. The Morgan fingerprint density at radius 2 is 1.90 bits per heavy atom. The van der Waals surface area contributed by atoms with Gasteiger partial charge in [0.2, 0.25) is 5.91 Å². The molecule has 2 heterocycles. The number of hydrogen-bond donors (Lipinski definition) is 1. The van der Waals surface area contributed by atoms with Crippen molar-refractivity contribution in [3.8, 4) is 11.1 Å². The summed E-state index contributed by atoms with van der Waals surface area (Å²) in [5.74, 6) is -0.648. The Morgan fingerprint density at radius 3 is 2.62 bits per heavy atom. The van der Waals surface area contributed by atoms with E-state index < -0.39 is 0 Å². The van der Waals surface area contributed by atoms with Gasteiger partial charge in [-0.05, 0) is 30.2 Å². The molecule has 0 aliphatic carbocycles. The lowest BCUT2D eigenvalue weighted by Gasteiger charge is -2.15. The predicted octanol–water partition coefficient (Wildman–Crippen LogP) is 4.14. The van der Waals surface area contributed by atoms with Crippen LogP contribution in [0.1, 0.15) is 18.5 Å². The van der Waals surface area contributed by atoms with E-state index in [2.05, 4.69) is 10.3 Å². The van der Waals surface area contributed by atoms with Crippen LogP contribution in [0.25, 0.3) is 21.3 Å². The van der Waals surface area contributed by atoms with Crippen LogP contribution in [0.3, 0.4) is 0 Å². The smallest absolute Gasteiger partial charge is 0.263 e. The number of benzene rings is 2. The van der Waals surface area contributed by atoms with E-state index in [1.807, 2.05) is 42.6 Å². The first-order chi connectivity index (χ1) is 14.0. The van der Waals surface area contributed by atoms with Crippen molar-refractivity contribution >= 4 is 27.5 Å². The van der Waals surface area contributed by atoms with E-state index in [1.54, 1.807) is 12.1 Å². The molecule has 146 valence electrons. The third kappa shape index (κ3) is 3.95. The van der Waals surface area contributed by atoms with Crippen molar-refractivity contribution in [2.24, 2.45) is 0 Å². The quantitative estimate of drug-likeness (QED) is 0.541. The average molecular weight is 407 g/mol. The molecule has 0 aliphatic heterocycles. The van der Waals surface area contributed by atoms with Crippen LogP contribution in [0.15, 0.2) is 71.1 Å². The number of aromatic nitrogens is 2. The zero-order valence-corrected chi connectivity index (χ0v) is 16.4.